The number of rotatable bonds is 6. The Labute approximate surface area is 130 Å². The van der Waals surface area contributed by atoms with E-state index in [4.69, 9.17) is 0 Å². The fourth-order valence-electron chi connectivity index (χ4n) is 2.20. The van der Waals surface area contributed by atoms with Gasteiger partial charge < -0.3 is 9.80 Å². The van der Waals surface area contributed by atoms with Crippen molar-refractivity contribution in [1.29, 1.82) is 0 Å². The molecule has 0 N–H and O–H groups in total. The summed E-state index contributed by atoms with van der Waals surface area (Å²) >= 11 is 3.92. The molecule has 1 aliphatic rings. The van der Waals surface area contributed by atoms with Crippen molar-refractivity contribution >= 4 is 35.2 Å². The molecule has 2 rings (SSSR count). The van der Waals surface area contributed by atoms with Crippen LogP contribution in [-0.2, 0) is 0 Å². The Hall–Kier alpha value is -0.620. The molecule has 0 amide bonds. The second-order valence-corrected chi connectivity index (χ2v) is 7.29. The Morgan fingerprint density at radius 3 is 2.85 bits per heavy atom. The predicted octanol–water partition coefficient (Wildman–Crippen LogP) is 2.61. The van der Waals surface area contributed by atoms with Crippen LogP contribution in [0.2, 0.25) is 0 Å². The van der Waals surface area contributed by atoms with Gasteiger partial charge in [0.1, 0.15) is 18.0 Å². The van der Waals surface area contributed by atoms with E-state index in [0.717, 1.165) is 24.7 Å². The largest absolute Gasteiger partial charge is 0.357 e. The second-order valence-electron chi connectivity index (χ2n) is 5.08. The normalized spacial score (nSPS) is 17.1. The minimum atomic E-state index is 0.502. The van der Waals surface area contributed by atoms with Crippen molar-refractivity contribution in [3.05, 3.63) is 12.4 Å². The van der Waals surface area contributed by atoms with E-state index in [1.165, 1.54) is 23.7 Å². The summed E-state index contributed by atoms with van der Waals surface area (Å²) in [6.45, 7) is 4.44. The molecule has 0 aromatic carbocycles. The fourth-order valence-corrected chi connectivity index (χ4v) is 3.68. The lowest BCUT2D eigenvalue weighted by molar-refractivity contribution is 0.661. The summed E-state index contributed by atoms with van der Waals surface area (Å²) in [5.74, 6) is 5.67. The average molecular weight is 313 g/mol. The summed E-state index contributed by atoms with van der Waals surface area (Å²) in [6, 6.07) is 2.63. The van der Waals surface area contributed by atoms with E-state index in [2.05, 4.69) is 46.1 Å². The van der Waals surface area contributed by atoms with Crippen molar-refractivity contribution in [3.8, 4) is 0 Å². The van der Waals surface area contributed by atoms with E-state index < -0.39 is 0 Å². The van der Waals surface area contributed by atoms with Crippen molar-refractivity contribution in [2.75, 3.05) is 53.5 Å². The quantitative estimate of drug-likeness (QED) is 0.803. The summed E-state index contributed by atoms with van der Waals surface area (Å²) in [7, 11) is 2.13. The first-order valence-electron chi connectivity index (χ1n) is 7.09. The maximum absolute atomic E-state index is 4.44. The molecule has 6 heteroatoms. The van der Waals surface area contributed by atoms with E-state index in [9.17, 15) is 0 Å². The first kappa shape index (κ1) is 15.8. The fraction of sp³-hybridized carbons (Fsp3) is 0.714. The van der Waals surface area contributed by atoms with Crippen LogP contribution in [0.15, 0.2) is 12.4 Å². The summed E-state index contributed by atoms with van der Waals surface area (Å²) in [4.78, 5) is 13.5. The van der Waals surface area contributed by atoms with Crippen LogP contribution in [0.1, 0.15) is 13.3 Å². The van der Waals surface area contributed by atoms with Crippen LogP contribution >= 0.6 is 23.5 Å². The van der Waals surface area contributed by atoms with Gasteiger partial charge in [0.05, 0.1) is 0 Å². The molecule has 0 radical (unpaired) electrons. The summed E-state index contributed by atoms with van der Waals surface area (Å²) in [5, 5.41) is 0. The topological polar surface area (TPSA) is 32.3 Å². The highest BCUT2D eigenvalue weighted by atomic mass is 32.2. The van der Waals surface area contributed by atoms with Gasteiger partial charge in [0.2, 0.25) is 0 Å². The molecule has 0 saturated carbocycles. The zero-order valence-corrected chi connectivity index (χ0v) is 14.2. The van der Waals surface area contributed by atoms with Crippen molar-refractivity contribution < 1.29 is 0 Å². The van der Waals surface area contributed by atoms with Gasteiger partial charge in [-0.05, 0) is 25.4 Å². The lowest BCUT2D eigenvalue weighted by Gasteiger charge is -2.29. The van der Waals surface area contributed by atoms with E-state index in [0.29, 0.717) is 6.04 Å². The predicted molar refractivity (Wildman–Crippen MR) is 92.4 cm³/mol. The van der Waals surface area contributed by atoms with E-state index in [-0.39, 0.29) is 0 Å². The SMILES string of the molecule is CSCC[C@H](C)N(C)c1cc(N2CCSCC2)ncn1. The van der Waals surface area contributed by atoms with Crippen molar-refractivity contribution in [2.24, 2.45) is 0 Å². The van der Waals surface area contributed by atoms with Crippen LogP contribution in [-0.4, -0.2) is 59.7 Å². The molecular formula is C14H24N4S2. The monoisotopic (exact) mass is 312 g/mol. The van der Waals surface area contributed by atoms with Crippen LogP contribution in [0, 0.1) is 0 Å². The average Bonchev–Trinajstić information content (AvgIpc) is 2.53. The van der Waals surface area contributed by atoms with Crippen LogP contribution in [0.4, 0.5) is 11.6 Å². The molecule has 1 aliphatic heterocycles. The molecule has 1 fully saturated rings. The van der Waals surface area contributed by atoms with Gasteiger partial charge in [-0.15, -0.1) is 0 Å². The molecule has 2 heterocycles. The van der Waals surface area contributed by atoms with Gasteiger partial charge in [-0.3, -0.25) is 0 Å². The van der Waals surface area contributed by atoms with Gasteiger partial charge in [-0.25, -0.2) is 9.97 Å². The third-order valence-electron chi connectivity index (χ3n) is 3.74. The van der Waals surface area contributed by atoms with Crippen LogP contribution in [0.3, 0.4) is 0 Å². The third-order valence-corrected chi connectivity index (χ3v) is 5.32. The molecule has 0 bridgehead atoms. The lowest BCUT2D eigenvalue weighted by atomic mass is 10.2. The highest BCUT2D eigenvalue weighted by Crippen LogP contribution is 2.22. The molecule has 1 atom stereocenters. The van der Waals surface area contributed by atoms with E-state index >= 15 is 0 Å². The Kier molecular flexibility index (Phi) is 6.29. The lowest BCUT2D eigenvalue weighted by Crippen LogP contribution is -2.34. The molecule has 0 unspecified atom stereocenters. The Morgan fingerprint density at radius 1 is 1.40 bits per heavy atom. The Balaban J connectivity index is 2.04. The molecule has 4 nitrogen and oxygen atoms in total. The van der Waals surface area contributed by atoms with Crippen molar-refractivity contribution in [3.63, 3.8) is 0 Å². The standard InChI is InChI=1S/C14H24N4S2/c1-12(4-7-19-3)17(2)13-10-14(16-11-15-13)18-5-8-20-9-6-18/h10-12H,4-9H2,1-3H3/t12-/m0/s1. The number of hydrogen-bond donors (Lipinski definition) is 0. The zero-order chi connectivity index (χ0) is 14.4. The minimum Gasteiger partial charge on any atom is -0.357 e. The molecule has 1 aromatic rings. The minimum absolute atomic E-state index is 0.502. The maximum atomic E-state index is 4.44. The first-order valence-corrected chi connectivity index (χ1v) is 9.63. The number of nitrogens with zero attached hydrogens (tertiary/aromatic N) is 4. The first-order chi connectivity index (χ1) is 9.72. The summed E-state index contributed by atoms with van der Waals surface area (Å²) in [5.41, 5.74) is 0. The van der Waals surface area contributed by atoms with Gasteiger partial charge >= 0.3 is 0 Å². The van der Waals surface area contributed by atoms with Gasteiger partial charge in [0.15, 0.2) is 0 Å². The zero-order valence-electron chi connectivity index (χ0n) is 12.6. The molecule has 1 aromatic heterocycles. The molecule has 1 saturated heterocycles. The van der Waals surface area contributed by atoms with E-state index in [1.807, 2.05) is 23.5 Å². The molecule has 0 spiro atoms. The number of anilines is 2. The smallest absolute Gasteiger partial charge is 0.134 e. The molecule has 112 valence electrons. The van der Waals surface area contributed by atoms with Gasteiger partial charge in [0.25, 0.3) is 0 Å². The Morgan fingerprint density at radius 2 is 2.15 bits per heavy atom. The van der Waals surface area contributed by atoms with Crippen LogP contribution < -0.4 is 9.80 Å². The highest BCUT2D eigenvalue weighted by Gasteiger charge is 2.16. The summed E-state index contributed by atoms with van der Waals surface area (Å²) in [6.07, 6.45) is 5.03. The van der Waals surface area contributed by atoms with Gasteiger partial charge in [-0.1, -0.05) is 0 Å². The number of hydrogen-bond acceptors (Lipinski definition) is 6. The Bertz CT molecular complexity index is 410. The molecular weight excluding hydrogens is 288 g/mol. The van der Waals surface area contributed by atoms with Crippen molar-refractivity contribution in [2.45, 2.75) is 19.4 Å². The maximum Gasteiger partial charge on any atom is 0.134 e. The highest BCUT2D eigenvalue weighted by molar-refractivity contribution is 7.99. The number of thioether (sulfide) groups is 2. The molecule has 20 heavy (non-hydrogen) atoms. The van der Waals surface area contributed by atoms with Crippen LogP contribution in [0.25, 0.3) is 0 Å². The van der Waals surface area contributed by atoms with Gasteiger partial charge in [0, 0.05) is 43.8 Å². The van der Waals surface area contributed by atoms with Crippen molar-refractivity contribution in [1.82, 2.24) is 9.97 Å². The second kappa shape index (κ2) is 7.98. The van der Waals surface area contributed by atoms with Gasteiger partial charge in [-0.2, -0.15) is 23.5 Å². The number of aromatic nitrogens is 2. The van der Waals surface area contributed by atoms with Crippen LogP contribution in [0.5, 0.6) is 0 Å². The third kappa shape index (κ3) is 4.19. The summed E-state index contributed by atoms with van der Waals surface area (Å²) < 4.78 is 0. The van der Waals surface area contributed by atoms with E-state index in [1.54, 1.807) is 6.33 Å². The molecule has 0 aliphatic carbocycles.